The van der Waals surface area contributed by atoms with Gasteiger partial charge in [0.2, 0.25) is 10.0 Å². The van der Waals surface area contributed by atoms with E-state index in [2.05, 4.69) is 4.72 Å². The molecular formula is C16H16FNO5S. The lowest BCUT2D eigenvalue weighted by molar-refractivity contribution is 0.0696. The Morgan fingerprint density at radius 3 is 2.38 bits per heavy atom. The van der Waals surface area contributed by atoms with Crippen molar-refractivity contribution in [2.24, 2.45) is 0 Å². The average molecular weight is 353 g/mol. The van der Waals surface area contributed by atoms with E-state index in [0.717, 1.165) is 6.07 Å². The van der Waals surface area contributed by atoms with Crippen molar-refractivity contribution in [1.29, 1.82) is 0 Å². The van der Waals surface area contributed by atoms with Crippen LogP contribution < -0.4 is 9.46 Å². The molecule has 128 valence electrons. The highest BCUT2D eigenvalue weighted by Crippen LogP contribution is 2.26. The van der Waals surface area contributed by atoms with Crippen LogP contribution >= 0.6 is 0 Å². The van der Waals surface area contributed by atoms with E-state index in [1.807, 2.05) is 0 Å². The Morgan fingerprint density at radius 1 is 1.21 bits per heavy atom. The fourth-order valence-electron chi connectivity index (χ4n) is 2.14. The van der Waals surface area contributed by atoms with E-state index in [9.17, 15) is 17.6 Å². The molecule has 0 aliphatic rings. The van der Waals surface area contributed by atoms with E-state index < -0.39 is 27.9 Å². The Morgan fingerprint density at radius 2 is 1.83 bits per heavy atom. The number of aromatic carboxylic acids is 1. The molecule has 0 heterocycles. The number of carboxylic acids is 1. The molecule has 2 N–H and O–H groups in total. The molecule has 2 aromatic carbocycles. The molecule has 0 amide bonds. The molecule has 8 heteroatoms. The Hall–Kier alpha value is -2.45. The van der Waals surface area contributed by atoms with Gasteiger partial charge in [-0.1, -0.05) is 12.1 Å². The molecule has 2 rings (SSSR count). The topological polar surface area (TPSA) is 92.7 Å². The molecule has 1 unspecified atom stereocenters. The number of rotatable bonds is 6. The quantitative estimate of drug-likeness (QED) is 0.833. The third-order valence-corrected chi connectivity index (χ3v) is 4.96. The number of nitrogens with one attached hydrogen (secondary N) is 1. The van der Waals surface area contributed by atoms with Crippen molar-refractivity contribution in [2.45, 2.75) is 17.9 Å². The van der Waals surface area contributed by atoms with Crippen LogP contribution in [0.3, 0.4) is 0 Å². The van der Waals surface area contributed by atoms with Gasteiger partial charge in [0.15, 0.2) is 0 Å². The summed E-state index contributed by atoms with van der Waals surface area (Å²) in [4.78, 5) is 10.8. The van der Waals surface area contributed by atoms with Gasteiger partial charge in [-0.2, -0.15) is 0 Å². The molecule has 0 fully saturated rings. The highest BCUT2D eigenvalue weighted by molar-refractivity contribution is 7.89. The molecular weight excluding hydrogens is 337 g/mol. The largest absolute Gasteiger partial charge is 0.495 e. The van der Waals surface area contributed by atoms with Gasteiger partial charge in [-0.3, -0.25) is 0 Å². The predicted molar refractivity (Wildman–Crippen MR) is 85.1 cm³/mol. The normalized spacial score (nSPS) is 12.6. The Kier molecular flexibility index (Phi) is 5.20. The first kappa shape index (κ1) is 17.9. The molecule has 0 bridgehead atoms. The lowest BCUT2D eigenvalue weighted by Gasteiger charge is -2.16. The summed E-state index contributed by atoms with van der Waals surface area (Å²) in [5.74, 6) is -1.65. The monoisotopic (exact) mass is 353 g/mol. The van der Waals surface area contributed by atoms with Gasteiger partial charge in [0.05, 0.1) is 12.7 Å². The van der Waals surface area contributed by atoms with Crippen LogP contribution in [-0.4, -0.2) is 26.6 Å². The summed E-state index contributed by atoms with van der Waals surface area (Å²) in [7, 11) is -2.76. The number of carbonyl (C=O) groups is 1. The van der Waals surface area contributed by atoms with E-state index in [0.29, 0.717) is 5.56 Å². The lowest BCUT2D eigenvalue weighted by Crippen LogP contribution is -2.27. The molecule has 0 spiro atoms. The number of methoxy groups -OCH3 is 1. The Labute approximate surface area is 138 Å². The summed E-state index contributed by atoms with van der Waals surface area (Å²) in [6.45, 7) is 1.60. The molecule has 0 saturated heterocycles. The second-order valence-electron chi connectivity index (χ2n) is 5.07. The fourth-order valence-corrected chi connectivity index (χ4v) is 3.56. The maximum Gasteiger partial charge on any atom is 0.335 e. The first-order chi connectivity index (χ1) is 11.2. The summed E-state index contributed by atoms with van der Waals surface area (Å²) in [6.07, 6.45) is 0. The molecule has 2 aromatic rings. The zero-order valence-electron chi connectivity index (χ0n) is 13.0. The zero-order valence-corrected chi connectivity index (χ0v) is 13.8. The van der Waals surface area contributed by atoms with Crippen molar-refractivity contribution in [3.63, 3.8) is 0 Å². The van der Waals surface area contributed by atoms with Crippen molar-refractivity contribution in [1.82, 2.24) is 4.72 Å². The summed E-state index contributed by atoms with van der Waals surface area (Å²) < 4.78 is 45.6. The van der Waals surface area contributed by atoms with Crippen LogP contribution in [0.4, 0.5) is 4.39 Å². The van der Waals surface area contributed by atoms with Gasteiger partial charge in [-0.05, 0) is 42.8 Å². The molecule has 0 aliphatic carbocycles. The van der Waals surface area contributed by atoms with Gasteiger partial charge in [-0.15, -0.1) is 0 Å². The minimum absolute atomic E-state index is 0.0267. The standard InChI is InChI=1S/C16H16FNO5S/c1-10(11-3-6-13(17)7-4-11)18-24(21,22)15-9-12(16(19)20)5-8-14(15)23-2/h3-10,18H,1-2H3,(H,19,20). The maximum absolute atomic E-state index is 13.0. The van der Waals surface area contributed by atoms with Crippen molar-refractivity contribution >= 4 is 16.0 Å². The van der Waals surface area contributed by atoms with Gasteiger partial charge in [0, 0.05) is 6.04 Å². The lowest BCUT2D eigenvalue weighted by atomic mass is 10.1. The summed E-state index contributed by atoms with van der Waals surface area (Å²) in [6, 6.07) is 8.30. The van der Waals surface area contributed by atoms with E-state index >= 15 is 0 Å². The highest BCUT2D eigenvalue weighted by Gasteiger charge is 2.24. The number of carboxylic acid groups (broad SMARTS) is 1. The Balaban J connectivity index is 2.37. The molecule has 24 heavy (non-hydrogen) atoms. The van der Waals surface area contributed by atoms with Gasteiger partial charge in [0.1, 0.15) is 16.5 Å². The van der Waals surface area contributed by atoms with Crippen LogP contribution in [0.5, 0.6) is 5.75 Å². The number of ether oxygens (including phenoxy) is 1. The van der Waals surface area contributed by atoms with E-state index in [1.54, 1.807) is 6.92 Å². The third kappa shape index (κ3) is 3.90. The third-order valence-electron chi connectivity index (χ3n) is 3.40. The number of hydrogen-bond donors (Lipinski definition) is 2. The van der Waals surface area contributed by atoms with Crippen molar-refractivity contribution in [3.8, 4) is 5.75 Å². The van der Waals surface area contributed by atoms with E-state index in [4.69, 9.17) is 9.84 Å². The van der Waals surface area contributed by atoms with Crippen molar-refractivity contribution < 1.29 is 27.4 Å². The molecule has 0 aromatic heterocycles. The van der Waals surface area contributed by atoms with Crippen LogP contribution in [0, 0.1) is 5.82 Å². The predicted octanol–water partition coefficient (Wildman–Crippen LogP) is 2.57. The molecule has 0 radical (unpaired) electrons. The first-order valence-corrected chi connectivity index (χ1v) is 8.42. The number of sulfonamides is 1. The van der Waals surface area contributed by atoms with Gasteiger partial charge >= 0.3 is 5.97 Å². The van der Waals surface area contributed by atoms with Gasteiger partial charge in [0.25, 0.3) is 0 Å². The summed E-state index contributed by atoms with van der Waals surface area (Å²) in [5.41, 5.74) is 0.388. The van der Waals surface area contributed by atoms with Crippen LogP contribution in [0.15, 0.2) is 47.4 Å². The van der Waals surface area contributed by atoms with Gasteiger partial charge < -0.3 is 9.84 Å². The second-order valence-corrected chi connectivity index (χ2v) is 6.75. The molecule has 1 atom stereocenters. The SMILES string of the molecule is COc1ccc(C(=O)O)cc1S(=O)(=O)NC(C)c1ccc(F)cc1. The average Bonchev–Trinajstić information content (AvgIpc) is 2.54. The van der Waals surface area contributed by atoms with Crippen molar-refractivity contribution in [2.75, 3.05) is 7.11 Å². The Bertz CT molecular complexity index is 849. The molecule has 0 saturated carbocycles. The zero-order chi connectivity index (χ0) is 17.9. The van der Waals surface area contributed by atoms with E-state index in [1.165, 1.54) is 43.5 Å². The highest BCUT2D eigenvalue weighted by atomic mass is 32.2. The smallest absolute Gasteiger partial charge is 0.335 e. The first-order valence-electron chi connectivity index (χ1n) is 6.93. The van der Waals surface area contributed by atoms with E-state index in [-0.39, 0.29) is 16.2 Å². The number of benzene rings is 2. The van der Waals surface area contributed by atoms with Crippen LogP contribution in [0.1, 0.15) is 28.9 Å². The van der Waals surface area contributed by atoms with Crippen LogP contribution in [0.25, 0.3) is 0 Å². The second kappa shape index (κ2) is 6.98. The molecule has 0 aliphatic heterocycles. The molecule has 6 nitrogen and oxygen atoms in total. The van der Waals surface area contributed by atoms with Crippen molar-refractivity contribution in [3.05, 3.63) is 59.4 Å². The minimum Gasteiger partial charge on any atom is -0.495 e. The van der Waals surface area contributed by atoms with Crippen LogP contribution in [0.2, 0.25) is 0 Å². The summed E-state index contributed by atoms with van der Waals surface area (Å²) in [5, 5.41) is 9.03. The number of halogens is 1. The maximum atomic E-state index is 13.0. The van der Waals surface area contributed by atoms with Crippen LogP contribution in [-0.2, 0) is 10.0 Å². The summed E-state index contributed by atoms with van der Waals surface area (Å²) >= 11 is 0. The van der Waals surface area contributed by atoms with Gasteiger partial charge in [-0.25, -0.2) is 22.3 Å². The minimum atomic E-state index is -4.05. The number of hydrogen-bond acceptors (Lipinski definition) is 4. The fraction of sp³-hybridized carbons (Fsp3) is 0.188.